The summed E-state index contributed by atoms with van der Waals surface area (Å²) in [5, 5.41) is 5.38. The number of rotatable bonds is 2. The molecule has 3 rings (SSSR count). The number of benzene rings is 1. The van der Waals surface area contributed by atoms with Gasteiger partial charge in [-0.25, -0.2) is 0 Å². The van der Waals surface area contributed by atoms with Gasteiger partial charge < -0.3 is 5.73 Å². The van der Waals surface area contributed by atoms with Gasteiger partial charge in [-0.15, -0.1) is 0 Å². The zero-order valence-electron chi connectivity index (χ0n) is 9.55. The molecule has 18 heavy (non-hydrogen) atoms. The molecule has 0 aliphatic rings. The predicted molar refractivity (Wildman–Crippen MR) is 75.2 cm³/mol. The van der Waals surface area contributed by atoms with Crippen molar-refractivity contribution in [1.82, 2.24) is 14.8 Å². The Hall–Kier alpha value is -1.88. The van der Waals surface area contributed by atoms with Crippen LogP contribution >= 0.6 is 15.9 Å². The summed E-state index contributed by atoms with van der Waals surface area (Å²) in [4.78, 5) is 4.34. The lowest BCUT2D eigenvalue weighted by atomic mass is 10.1. The van der Waals surface area contributed by atoms with Crippen molar-refractivity contribution in [2.24, 2.45) is 0 Å². The number of nitrogens with two attached hydrogens (primary N) is 1. The Morgan fingerprint density at radius 1 is 1.22 bits per heavy atom. The number of fused-ring (bicyclic) bond motifs is 1. The number of pyridine rings is 1. The maximum atomic E-state index is 5.72. The summed E-state index contributed by atoms with van der Waals surface area (Å²) in [5.74, 6) is 0.508. The highest BCUT2D eigenvalue weighted by molar-refractivity contribution is 9.10. The van der Waals surface area contributed by atoms with Crippen LogP contribution in [0.1, 0.15) is 5.56 Å². The van der Waals surface area contributed by atoms with Crippen LogP contribution in [-0.2, 0) is 6.54 Å². The molecular formula is C13H11BrN4. The molecular weight excluding hydrogens is 292 g/mol. The zero-order chi connectivity index (χ0) is 12.5. The summed E-state index contributed by atoms with van der Waals surface area (Å²) >= 11 is 3.36. The van der Waals surface area contributed by atoms with Crippen molar-refractivity contribution in [3.05, 3.63) is 52.8 Å². The van der Waals surface area contributed by atoms with Crippen LogP contribution in [0.4, 0.5) is 5.82 Å². The van der Waals surface area contributed by atoms with E-state index in [9.17, 15) is 0 Å². The minimum absolute atomic E-state index is 0.508. The third-order valence-electron chi connectivity index (χ3n) is 2.81. The van der Waals surface area contributed by atoms with Crippen LogP contribution in [0.5, 0.6) is 0 Å². The van der Waals surface area contributed by atoms with E-state index in [0.717, 1.165) is 15.4 Å². The van der Waals surface area contributed by atoms with E-state index in [4.69, 9.17) is 5.73 Å². The van der Waals surface area contributed by atoms with Crippen molar-refractivity contribution in [3.63, 3.8) is 0 Å². The van der Waals surface area contributed by atoms with E-state index in [2.05, 4.69) is 32.1 Å². The van der Waals surface area contributed by atoms with E-state index in [0.29, 0.717) is 12.4 Å². The predicted octanol–water partition coefficient (Wildman–Crippen LogP) is 2.82. The Kier molecular flexibility index (Phi) is 2.76. The van der Waals surface area contributed by atoms with Gasteiger partial charge in [0.15, 0.2) is 5.82 Å². The van der Waals surface area contributed by atoms with Gasteiger partial charge in [0, 0.05) is 17.8 Å². The third-order valence-corrected chi connectivity index (χ3v) is 3.43. The zero-order valence-corrected chi connectivity index (χ0v) is 11.1. The maximum absolute atomic E-state index is 5.72. The molecule has 5 heteroatoms. The van der Waals surface area contributed by atoms with Gasteiger partial charge >= 0.3 is 0 Å². The standard InChI is InChI=1S/C13H11BrN4/c14-11-8-18(17-13(11)15)7-9-5-6-16-12-4-2-1-3-10(9)12/h1-6,8H,7H2,(H2,15,17). The molecule has 3 aromatic rings. The van der Waals surface area contributed by atoms with Crippen LogP contribution in [-0.4, -0.2) is 14.8 Å². The van der Waals surface area contributed by atoms with Crippen molar-refractivity contribution < 1.29 is 0 Å². The van der Waals surface area contributed by atoms with Crippen LogP contribution in [0.25, 0.3) is 10.9 Å². The number of halogens is 1. The van der Waals surface area contributed by atoms with Gasteiger partial charge in [0.2, 0.25) is 0 Å². The molecule has 0 amide bonds. The molecule has 0 bridgehead atoms. The van der Waals surface area contributed by atoms with E-state index in [1.807, 2.05) is 41.3 Å². The molecule has 90 valence electrons. The van der Waals surface area contributed by atoms with Gasteiger partial charge in [0.05, 0.1) is 16.5 Å². The van der Waals surface area contributed by atoms with Crippen molar-refractivity contribution in [2.45, 2.75) is 6.54 Å². The maximum Gasteiger partial charge on any atom is 0.159 e. The second-order valence-corrected chi connectivity index (χ2v) is 4.90. The van der Waals surface area contributed by atoms with Crippen molar-refractivity contribution in [1.29, 1.82) is 0 Å². The minimum atomic E-state index is 0.508. The Labute approximate surface area is 113 Å². The third kappa shape index (κ3) is 1.97. The molecule has 2 N–H and O–H groups in total. The van der Waals surface area contributed by atoms with Gasteiger partial charge in [-0.1, -0.05) is 18.2 Å². The second kappa shape index (κ2) is 4.42. The second-order valence-electron chi connectivity index (χ2n) is 4.05. The number of nitrogens with zero attached hydrogens (tertiary/aromatic N) is 3. The molecule has 0 fully saturated rings. The van der Waals surface area contributed by atoms with E-state index in [1.54, 1.807) is 0 Å². The number of aromatic nitrogens is 3. The topological polar surface area (TPSA) is 56.7 Å². The van der Waals surface area contributed by atoms with Gasteiger partial charge in [-0.3, -0.25) is 9.67 Å². The molecule has 0 radical (unpaired) electrons. The molecule has 0 saturated heterocycles. The highest BCUT2D eigenvalue weighted by Crippen LogP contribution is 2.20. The average Bonchev–Trinajstić information content (AvgIpc) is 2.69. The number of para-hydroxylation sites is 1. The first-order valence-corrected chi connectivity index (χ1v) is 6.34. The summed E-state index contributed by atoms with van der Waals surface area (Å²) in [6.07, 6.45) is 3.70. The fourth-order valence-electron chi connectivity index (χ4n) is 1.96. The first-order valence-electron chi connectivity index (χ1n) is 5.55. The van der Waals surface area contributed by atoms with Crippen molar-refractivity contribution in [3.8, 4) is 0 Å². The Balaban J connectivity index is 2.04. The molecule has 2 aromatic heterocycles. The van der Waals surface area contributed by atoms with Gasteiger partial charge in [-0.2, -0.15) is 5.10 Å². The minimum Gasteiger partial charge on any atom is -0.381 e. The Bertz CT molecular complexity index is 680. The van der Waals surface area contributed by atoms with E-state index < -0.39 is 0 Å². The van der Waals surface area contributed by atoms with Crippen molar-refractivity contribution >= 4 is 32.7 Å². The lowest BCUT2D eigenvalue weighted by molar-refractivity contribution is 0.693. The monoisotopic (exact) mass is 302 g/mol. The number of hydrogen-bond acceptors (Lipinski definition) is 3. The van der Waals surface area contributed by atoms with Crippen LogP contribution < -0.4 is 5.73 Å². The highest BCUT2D eigenvalue weighted by atomic mass is 79.9. The molecule has 0 atom stereocenters. The highest BCUT2D eigenvalue weighted by Gasteiger charge is 2.05. The average molecular weight is 303 g/mol. The quantitative estimate of drug-likeness (QED) is 0.792. The van der Waals surface area contributed by atoms with Gasteiger partial charge in [0.25, 0.3) is 0 Å². The Morgan fingerprint density at radius 3 is 2.83 bits per heavy atom. The SMILES string of the molecule is Nc1nn(Cc2ccnc3ccccc23)cc1Br. The fourth-order valence-corrected chi connectivity index (χ4v) is 2.28. The van der Waals surface area contributed by atoms with E-state index in [-0.39, 0.29) is 0 Å². The summed E-state index contributed by atoms with van der Waals surface area (Å²) in [5.41, 5.74) is 7.89. The molecule has 4 nitrogen and oxygen atoms in total. The molecule has 1 aromatic carbocycles. The molecule has 0 aliphatic carbocycles. The lowest BCUT2D eigenvalue weighted by Gasteiger charge is -2.05. The fraction of sp³-hybridized carbons (Fsp3) is 0.0769. The normalized spacial score (nSPS) is 10.9. The number of hydrogen-bond donors (Lipinski definition) is 1. The van der Waals surface area contributed by atoms with Crippen LogP contribution in [0.15, 0.2) is 47.2 Å². The molecule has 0 spiro atoms. The first kappa shape index (κ1) is 11.2. The van der Waals surface area contributed by atoms with E-state index in [1.165, 1.54) is 5.56 Å². The summed E-state index contributed by atoms with van der Waals surface area (Å²) < 4.78 is 2.64. The molecule has 2 heterocycles. The number of anilines is 1. The molecule has 0 saturated carbocycles. The first-order chi connectivity index (χ1) is 8.74. The summed E-state index contributed by atoms with van der Waals surface area (Å²) in [7, 11) is 0. The van der Waals surface area contributed by atoms with Gasteiger partial charge in [-0.05, 0) is 33.6 Å². The largest absolute Gasteiger partial charge is 0.381 e. The lowest BCUT2D eigenvalue weighted by Crippen LogP contribution is -2.02. The van der Waals surface area contributed by atoms with Crippen LogP contribution in [0.3, 0.4) is 0 Å². The van der Waals surface area contributed by atoms with Crippen LogP contribution in [0.2, 0.25) is 0 Å². The van der Waals surface area contributed by atoms with Crippen molar-refractivity contribution in [2.75, 3.05) is 5.73 Å². The summed E-state index contributed by atoms with van der Waals surface area (Å²) in [6, 6.07) is 10.1. The molecule has 0 aliphatic heterocycles. The smallest absolute Gasteiger partial charge is 0.159 e. The van der Waals surface area contributed by atoms with Crippen LogP contribution in [0, 0.1) is 0 Å². The van der Waals surface area contributed by atoms with E-state index >= 15 is 0 Å². The van der Waals surface area contributed by atoms with Gasteiger partial charge in [0.1, 0.15) is 0 Å². The molecule has 0 unspecified atom stereocenters. The Morgan fingerprint density at radius 2 is 2.06 bits per heavy atom. The number of nitrogen functional groups attached to an aromatic ring is 1. The summed E-state index contributed by atoms with van der Waals surface area (Å²) in [6.45, 7) is 0.679.